The second kappa shape index (κ2) is 4.41. The highest BCUT2D eigenvalue weighted by molar-refractivity contribution is 7.14. The van der Waals surface area contributed by atoms with Crippen LogP contribution in [0.3, 0.4) is 0 Å². The molecule has 0 aliphatic carbocycles. The summed E-state index contributed by atoms with van der Waals surface area (Å²) in [4.78, 5) is 13.2. The Kier molecular flexibility index (Phi) is 2.97. The predicted octanol–water partition coefficient (Wildman–Crippen LogP) is 3.54. The summed E-state index contributed by atoms with van der Waals surface area (Å²) >= 11 is 1.59. The molecule has 0 atom stereocenters. The molecule has 0 bridgehead atoms. The Labute approximate surface area is 93.4 Å². The highest BCUT2D eigenvalue weighted by Crippen LogP contribution is 2.20. The molecule has 2 aromatic rings. The third-order valence-corrected chi connectivity index (χ3v) is 3.42. The molecule has 1 aromatic heterocycles. The van der Waals surface area contributed by atoms with Crippen LogP contribution in [0.4, 0.5) is 0 Å². The number of thiophene rings is 1. The fourth-order valence-corrected chi connectivity index (χ4v) is 2.40. The molecule has 0 aliphatic heterocycles. The van der Waals surface area contributed by atoms with E-state index in [-0.39, 0.29) is 5.78 Å². The zero-order valence-corrected chi connectivity index (χ0v) is 9.38. The SMILES string of the molecule is CC(=O)c1ccc(Cc2ccccc2)s1. The van der Waals surface area contributed by atoms with Crippen molar-refractivity contribution in [1.82, 2.24) is 0 Å². The monoisotopic (exact) mass is 216 g/mol. The first-order valence-electron chi connectivity index (χ1n) is 4.89. The van der Waals surface area contributed by atoms with Crippen molar-refractivity contribution in [2.75, 3.05) is 0 Å². The molecular formula is C13H12OS. The van der Waals surface area contributed by atoms with E-state index in [2.05, 4.69) is 12.1 Å². The number of carbonyl (C=O) groups excluding carboxylic acids is 1. The molecule has 0 saturated carbocycles. The number of hydrogen-bond acceptors (Lipinski definition) is 2. The highest BCUT2D eigenvalue weighted by Gasteiger charge is 2.04. The molecule has 0 aliphatic rings. The van der Waals surface area contributed by atoms with Gasteiger partial charge in [0.1, 0.15) is 0 Å². The average Bonchev–Trinajstić information content (AvgIpc) is 2.68. The summed E-state index contributed by atoms with van der Waals surface area (Å²) in [6, 6.07) is 14.2. The molecule has 2 heteroatoms. The van der Waals surface area contributed by atoms with Crippen molar-refractivity contribution < 1.29 is 4.79 Å². The molecule has 76 valence electrons. The maximum absolute atomic E-state index is 11.1. The van der Waals surface area contributed by atoms with Gasteiger partial charge in [0.2, 0.25) is 0 Å². The van der Waals surface area contributed by atoms with E-state index < -0.39 is 0 Å². The van der Waals surface area contributed by atoms with Crippen LogP contribution >= 0.6 is 11.3 Å². The Balaban J connectivity index is 2.15. The van der Waals surface area contributed by atoms with Crippen LogP contribution in [0.2, 0.25) is 0 Å². The minimum atomic E-state index is 0.152. The van der Waals surface area contributed by atoms with Gasteiger partial charge in [0, 0.05) is 11.3 Å². The van der Waals surface area contributed by atoms with Crippen molar-refractivity contribution in [1.29, 1.82) is 0 Å². The Morgan fingerprint density at radius 3 is 2.47 bits per heavy atom. The summed E-state index contributed by atoms with van der Waals surface area (Å²) in [6.45, 7) is 1.61. The lowest BCUT2D eigenvalue weighted by Crippen LogP contribution is -1.84. The second-order valence-electron chi connectivity index (χ2n) is 3.48. The van der Waals surface area contributed by atoms with Gasteiger partial charge in [0.15, 0.2) is 5.78 Å². The molecule has 2 rings (SSSR count). The lowest BCUT2D eigenvalue weighted by atomic mass is 10.1. The molecule has 1 aromatic carbocycles. The first kappa shape index (κ1) is 10.1. The van der Waals surface area contributed by atoms with Crippen molar-refractivity contribution in [3.05, 3.63) is 57.8 Å². The number of Topliss-reactive ketones (excluding diaryl/α,β-unsaturated/α-hetero) is 1. The fraction of sp³-hybridized carbons (Fsp3) is 0.154. The number of rotatable bonds is 3. The van der Waals surface area contributed by atoms with E-state index in [1.807, 2.05) is 30.3 Å². The Morgan fingerprint density at radius 2 is 1.87 bits per heavy atom. The standard InChI is InChI=1S/C13H12OS/c1-10(14)13-8-7-12(15-13)9-11-5-3-2-4-6-11/h2-8H,9H2,1H3. The molecule has 0 fully saturated rings. The normalized spacial score (nSPS) is 10.2. The Bertz CT molecular complexity index is 456. The van der Waals surface area contributed by atoms with Gasteiger partial charge in [-0.2, -0.15) is 0 Å². The van der Waals surface area contributed by atoms with E-state index in [9.17, 15) is 4.79 Å². The minimum absolute atomic E-state index is 0.152. The quantitative estimate of drug-likeness (QED) is 0.717. The Morgan fingerprint density at radius 1 is 1.13 bits per heavy atom. The van der Waals surface area contributed by atoms with Crippen LogP contribution in [0.5, 0.6) is 0 Å². The summed E-state index contributed by atoms with van der Waals surface area (Å²) in [6.07, 6.45) is 0.915. The highest BCUT2D eigenvalue weighted by atomic mass is 32.1. The van der Waals surface area contributed by atoms with Gasteiger partial charge < -0.3 is 0 Å². The van der Waals surface area contributed by atoms with Crippen LogP contribution in [0.1, 0.15) is 27.0 Å². The molecule has 1 heterocycles. The van der Waals surface area contributed by atoms with E-state index in [4.69, 9.17) is 0 Å². The van der Waals surface area contributed by atoms with Crippen molar-refractivity contribution in [2.45, 2.75) is 13.3 Å². The second-order valence-corrected chi connectivity index (χ2v) is 4.65. The van der Waals surface area contributed by atoms with E-state index >= 15 is 0 Å². The lowest BCUT2D eigenvalue weighted by molar-refractivity contribution is 0.102. The number of ketones is 1. The van der Waals surface area contributed by atoms with Crippen LogP contribution in [0, 0.1) is 0 Å². The first-order valence-corrected chi connectivity index (χ1v) is 5.71. The number of benzene rings is 1. The maximum Gasteiger partial charge on any atom is 0.169 e. The molecular weight excluding hydrogens is 204 g/mol. The predicted molar refractivity (Wildman–Crippen MR) is 63.6 cm³/mol. The fourth-order valence-electron chi connectivity index (χ4n) is 1.46. The van der Waals surface area contributed by atoms with Crippen LogP contribution in [0.15, 0.2) is 42.5 Å². The molecule has 0 spiro atoms. The van der Waals surface area contributed by atoms with Crippen molar-refractivity contribution >= 4 is 17.1 Å². The Hall–Kier alpha value is -1.41. The minimum Gasteiger partial charge on any atom is -0.294 e. The largest absolute Gasteiger partial charge is 0.294 e. The third kappa shape index (κ3) is 2.54. The van der Waals surface area contributed by atoms with Gasteiger partial charge in [0.05, 0.1) is 4.88 Å². The molecule has 0 amide bonds. The van der Waals surface area contributed by atoms with Crippen LogP contribution < -0.4 is 0 Å². The van der Waals surface area contributed by atoms with E-state index in [1.165, 1.54) is 10.4 Å². The molecule has 0 saturated heterocycles. The maximum atomic E-state index is 11.1. The molecule has 15 heavy (non-hydrogen) atoms. The summed E-state index contributed by atoms with van der Waals surface area (Å²) in [5.41, 5.74) is 1.29. The summed E-state index contributed by atoms with van der Waals surface area (Å²) in [5.74, 6) is 0.152. The summed E-state index contributed by atoms with van der Waals surface area (Å²) < 4.78 is 0. The van der Waals surface area contributed by atoms with Crippen LogP contribution in [-0.4, -0.2) is 5.78 Å². The smallest absolute Gasteiger partial charge is 0.169 e. The lowest BCUT2D eigenvalue weighted by Gasteiger charge is -1.96. The molecule has 0 N–H and O–H groups in total. The third-order valence-electron chi connectivity index (χ3n) is 2.23. The molecule has 0 unspecified atom stereocenters. The molecule has 0 radical (unpaired) electrons. The van der Waals surface area contributed by atoms with E-state index in [1.54, 1.807) is 18.3 Å². The molecule has 1 nitrogen and oxygen atoms in total. The summed E-state index contributed by atoms with van der Waals surface area (Å²) in [5, 5.41) is 0. The number of hydrogen-bond donors (Lipinski definition) is 0. The number of carbonyl (C=O) groups is 1. The van der Waals surface area contributed by atoms with E-state index in [0.29, 0.717) is 0 Å². The van der Waals surface area contributed by atoms with Crippen molar-refractivity contribution in [3.8, 4) is 0 Å². The zero-order chi connectivity index (χ0) is 10.7. The van der Waals surface area contributed by atoms with Gasteiger partial charge in [-0.25, -0.2) is 0 Å². The van der Waals surface area contributed by atoms with Gasteiger partial charge >= 0.3 is 0 Å². The first-order chi connectivity index (χ1) is 7.25. The van der Waals surface area contributed by atoms with Crippen molar-refractivity contribution in [2.24, 2.45) is 0 Å². The van der Waals surface area contributed by atoms with E-state index in [0.717, 1.165) is 11.3 Å². The van der Waals surface area contributed by atoms with Gasteiger partial charge in [-0.3, -0.25) is 4.79 Å². The van der Waals surface area contributed by atoms with Gasteiger partial charge in [-0.05, 0) is 24.6 Å². The van der Waals surface area contributed by atoms with Gasteiger partial charge in [-0.15, -0.1) is 11.3 Å². The van der Waals surface area contributed by atoms with Crippen LogP contribution in [-0.2, 0) is 6.42 Å². The summed E-state index contributed by atoms with van der Waals surface area (Å²) in [7, 11) is 0. The average molecular weight is 216 g/mol. The van der Waals surface area contributed by atoms with Gasteiger partial charge in [-0.1, -0.05) is 30.3 Å². The van der Waals surface area contributed by atoms with Gasteiger partial charge in [0.25, 0.3) is 0 Å². The van der Waals surface area contributed by atoms with Crippen molar-refractivity contribution in [3.63, 3.8) is 0 Å². The van der Waals surface area contributed by atoms with Crippen LogP contribution in [0.25, 0.3) is 0 Å². The topological polar surface area (TPSA) is 17.1 Å². The zero-order valence-electron chi connectivity index (χ0n) is 8.57.